The van der Waals surface area contributed by atoms with E-state index in [1.165, 1.54) is 0 Å². The van der Waals surface area contributed by atoms with E-state index in [4.69, 9.17) is 10.5 Å². The van der Waals surface area contributed by atoms with Gasteiger partial charge < -0.3 is 15.8 Å². The van der Waals surface area contributed by atoms with Gasteiger partial charge in [0.25, 0.3) is 0 Å². The molecule has 0 aliphatic heterocycles. The van der Waals surface area contributed by atoms with Crippen molar-refractivity contribution in [1.29, 1.82) is 0 Å². The summed E-state index contributed by atoms with van der Waals surface area (Å²) < 4.78 is 5.74. The molecule has 0 saturated heterocycles. The van der Waals surface area contributed by atoms with Crippen LogP contribution in [0.3, 0.4) is 0 Å². The van der Waals surface area contributed by atoms with Crippen molar-refractivity contribution in [2.45, 2.75) is 19.8 Å². The highest BCUT2D eigenvalue weighted by molar-refractivity contribution is 5.90. The molecular weight excluding hydrogens is 337 g/mol. The monoisotopic (exact) mass is 357 g/mol. The lowest BCUT2D eigenvalue weighted by atomic mass is 10.2. The molecule has 1 aromatic heterocycles. The fourth-order valence-corrected chi connectivity index (χ4v) is 1.86. The second-order valence-electron chi connectivity index (χ2n) is 4.71. The predicted molar refractivity (Wildman–Crippen MR) is 96.9 cm³/mol. The third-order valence-corrected chi connectivity index (χ3v) is 2.93. The molecule has 0 aliphatic carbocycles. The zero-order valence-electron chi connectivity index (χ0n) is 12.8. The number of amides is 1. The molecule has 3 N–H and O–H groups in total. The smallest absolute Gasteiger partial charge is 0.224 e. The number of nitrogens with zero attached hydrogens (tertiary/aromatic N) is 1. The number of carbonyl (C=O) groups excluding carboxylic acids is 1. The minimum atomic E-state index is -0.0271. The van der Waals surface area contributed by atoms with E-state index in [0.717, 1.165) is 17.0 Å². The average molecular weight is 358 g/mol. The Bertz CT molecular complexity index is 610. The standard InChI is InChI=1S/C16H19N3O2.2ClH/c1-12-10-13(19-16(20)5-2-8-17)6-7-15(12)21-14-4-3-9-18-11-14;;/h3-4,6-7,9-11H,2,5,8,17H2,1H3,(H,19,20);2*1H. The Balaban J connectivity index is 0.00000242. The molecule has 1 amide bonds. The van der Waals surface area contributed by atoms with E-state index >= 15 is 0 Å². The number of ether oxygens (including phenoxy) is 1. The first-order chi connectivity index (χ1) is 10.2. The van der Waals surface area contributed by atoms with Gasteiger partial charge in [-0.3, -0.25) is 9.78 Å². The molecule has 7 heteroatoms. The quantitative estimate of drug-likeness (QED) is 0.825. The van der Waals surface area contributed by atoms with Gasteiger partial charge in [-0.25, -0.2) is 0 Å². The van der Waals surface area contributed by atoms with E-state index in [1.807, 2.05) is 37.3 Å². The molecule has 5 nitrogen and oxygen atoms in total. The van der Waals surface area contributed by atoms with Crippen LogP contribution in [-0.4, -0.2) is 17.4 Å². The largest absolute Gasteiger partial charge is 0.455 e. The lowest BCUT2D eigenvalue weighted by molar-refractivity contribution is -0.116. The van der Waals surface area contributed by atoms with Crippen LogP contribution < -0.4 is 15.8 Å². The number of aryl methyl sites for hydroxylation is 1. The molecule has 0 aliphatic rings. The first-order valence-electron chi connectivity index (χ1n) is 6.87. The van der Waals surface area contributed by atoms with E-state index in [9.17, 15) is 4.79 Å². The third-order valence-electron chi connectivity index (χ3n) is 2.93. The minimum absolute atomic E-state index is 0. The topological polar surface area (TPSA) is 77.2 Å². The highest BCUT2D eigenvalue weighted by atomic mass is 35.5. The zero-order chi connectivity index (χ0) is 15.1. The Labute approximate surface area is 148 Å². The summed E-state index contributed by atoms with van der Waals surface area (Å²) in [6, 6.07) is 9.19. The molecule has 0 bridgehead atoms. The number of rotatable bonds is 6. The van der Waals surface area contributed by atoms with Gasteiger partial charge in [-0.15, -0.1) is 24.8 Å². The first kappa shape index (κ1) is 21.2. The van der Waals surface area contributed by atoms with E-state index in [0.29, 0.717) is 25.1 Å². The maximum Gasteiger partial charge on any atom is 0.224 e. The number of halogens is 2. The summed E-state index contributed by atoms with van der Waals surface area (Å²) in [5.41, 5.74) is 7.08. The number of nitrogens with one attached hydrogen (secondary N) is 1. The van der Waals surface area contributed by atoms with Crippen molar-refractivity contribution < 1.29 is 9.53 Å². The van der Waals surface area contributed by atoms with Crippen LogP contribution in [0.15, 0.2) is 42.7 Å². The van der Waals surface area contributed by atoms with Gasteiger partial charge in [0.15, 0.2) is 0 Å². The number of nitrogens with two attached hydrogens (primary N) is 1. The molecular formula is C16H21Cl2N3O2. The number of benzene rings is 1. The Kier molecular flexibility index (Phi) is 9.97. The number of carbonyl (C=O) groups is 1. The van der Waals surface area contributed by atoms with Gasteiger partial charge in [-0.1, -0.05) is 0 Å². The number of anilines is 1. The average Bonchev–Trinajstić information content (AvgIpc) is 2.49. The summed E-state index contributed by atoms with van der Waals surface area (Å²) in [6.45, 7) is 2.45. The van der Waals surface area contributed by atoms with Crippen molar-refractivity contribution in [2.75, 3.05) is 11.9 Å². The summed E-state index contributed by atoms with van der Waals surface area (Å²) in [5.74, 6) is 1.39. The van der Waals surface area contributed by atoms with Crippen molar-refractivity contribution >= 4 is 36.4 Å². The molecule has 23 heavy (non-hydrogen) atoms. The Morgan fingerprint density at radius 1 is 1.30 bits per heavy atom. The fraction of sp³-hybridized carbons (Fsp3) is 0.250. The normalized spacial score (nSPS) is 9.30. The first-order valence-corrected chi connectivity index (χ1v) is 6.87. The minimum Gasteiger partial charge on any atom is -0.455 e. The predicted octanol–water partition coefficient (Wildman–Crippen LogP) is 3.70. The van der Waals surface area contributed by atoms with Gasteiger partial charge in [-0.2, -0.15) is 0 Å². The van der Waals surface area contributed by atoms with Crippen molar-refractivity contribution in [3.8, 4) is 11.5 Å². The Hall–Kier alpha value is -1.82. The third kappa shape index (κ3) is 6.86. The second-order valence-corrected chi connectivity index (χ2v) is 4.71. The van der Waals surface area contributed by atoms with Crippen LogP contribution in [-0.2, 0) is 4.79 Å². The van der Waals surface area contributed by atoms with E-state index in [-0.39, 0.29) is 30.7 Å². The van der Waals surface area contributed by atoms with Crippen LogP contribution in [0.1, 0.15) is 18.4 Å². The van der Waals surface area contributed by atoms with Crippen molar-refractivity contribution in [3.05, 3.63) is 48.3 Å². The van der Waals surface area contributed by atoms with Crippen LogP contribution in [0.25, 0.3) is 0 Å². The van der Waals surface area contributed by atoms with Crippen LogP contribution >= 0.6 is 24.8 Å². The highest BCUT2D eigenvalue weighted by Crippen LogP contribution is 2.26. The maximum atomic E-state index is 11.7. The second kappa shape index (κ2) is 10.8. The number of hydrogen-bond acceptors (Lipinski definition) is 4. The lowest BCUT2D eigenvalue weighted by Gasteiger charge is -2.11. The van der Waals surface area contributed by atoms with Crippen molar-refractivity contribution in [3.63, 3.8) is 0 Å². The summed E-state index contributed by atoms with van der Waals surface area (Å²) in [5, 5.41) is 2.85. The maximum absolute atomic E-state index is 11.7. The summed E-state index contributed by atoms with van der Waals surface area (Å²) in [4.78, 5) is 15.7. The van der Waals surface area contributed by atoms with Crippen molar-refractivity contribution in [1.82, 2.24) is 4.98 Å². The summed E-state index contributed by atoms with van der Waals surface area (Å²) >= 11 is 0. The molecule has 0 radical (unpaired) electrons. The van der Waals surface area contributed by atoms with Crippen molar-refractivity contribution in [2.24, 2.45) is 5.73 Å². The lowest BCUT2D eigenvalue weighted by Crippen LogP contribution is -2.13. The summed E-state index contributed by atoms with van der Waals surface area (Å²) in [6.07, 6.45) is 4.47. The zero-order valence-corrected chi connectivity index (χ0v) is 14.5. The van der Waals surface area contributed by atoms with Gasteiger partial charge in [0.05, 0.1) is 6.20 Å². The molecule has 0 atom stereocenters. The van der Waals surface area contributed by atoms with E-state index in [1.54, 1.807) is 12.4 Å². The van der Waals surface area contributed by atoms with Gasteiger partial charge in [0.2, 0.25) is 5.91 Å². The number of pyridine rings is 1. The van der Waals surface area contributed by atoms with Gasteiger partial charge >= 0.3 is 0 Å². The molecule has 1 aromatic carbocycles. The Morgan fingerprint density at radius 3 is 2.70 bits per heavy atom. The van der Waals surface area contributed by atoms with Crippen LogP contribution in [0.5, 0.6) is 11.5 Å². The summed E-state index contributed by atoms with van der Waals surface area (Å²) in [7, 11) is 0. The molecule has 126 valence electrons. The van der Waals surface area contributed by atoms with Gasteiger partial charge in [0, 0.05) is 18.3 Å². The van der Waals surface area contributed by atoms with Crippen LogP contribution in [0.4, 0.5) is 5.69 Å². The number of hydrogen-bond donors (Lipinski definition) is 2. The molecule has 2 rings (SSSR count). The van der Waals surface area contributed by atoms with Crippen LogP contribution in [0, 0.1) is 6.92 Å². The Morgan fingerprint density at radius 2 is 2.09 bits per heavy atom. The molecule has 0 unspecified atom stereocenters. The molecule has 2 aromatic rings. The SMILES string of the molecule is Cc1cc(NC(=O)CCCN)ccc1Oc1cccnc1.Cl.Cl. The van der Waals surface area contributed by atoms with Gasteiger partial charge in [-0.05, 0) is 55.8 Å². The van der Waals surface area contributed by atoms with E-state index in [2.05, 4.69) is 10.3 Å². The molecule has 0 spiro atoms. The molecule has 0 saturated carbocycles. The van der Waals surface area contributed by atoms with Gasteiger partial charge in [0.1, 0.15) is 11.5 Å². The molecule has 0 fully saturated rings. The number of aromatic nitrogens is 1. The van der Waals surface area contributed by atoms with Crippen LogP contribution in [0.2, 0.25) is 0 Å². The highest BCUT2D eigenvalue weighted by Gasteiger charge is 2.06. The molecule has 1 heterocycles. The van der Waals surface area contributed by atoms with E-state index < -0.39 is 0 Å². The fourth-order valence-electron chi connectivity index (χ4n) is 1.86.